The first-order valence-electron chi connectivity index (χ1n) is 5.36. The van der Waals surface area contributed by atoms with E-state index in [1.807, 2.05) is 6.07 Å². The minimum atomic E-state index is -0.298. The minimum absolute atomic E-state index is 0.230. The molecular formula is C14H10FN3. The molecule has 0 saturated heterocycles. The Kier molecular flexibility index (Phi) is 3.44. The summed E-state index contributed by atoms with van der Waals surface area (Å²) in [4.78, 5) is 7.97. The maximum Gasteiger partial charge on any atom is 0.166 e. The van der Waals surface area contributed by atoms with Crippen LogP contribution in [0.2, 0.25) is 0 Å². The molecule has 4 heteroatoms. The van der Waals surface area contributed by atoms with Gasteiger partial charge in [0, 0.05) is 18.0 Å². The lowest BCUT2D eigenvalue weighted by atomic mass is 10.1. The van der Waals surface area contributed by atoms with E-state index in [4.69, 9.17) is 5.26 Å². The van der Waals surface area contributed by atoms with Crippen LogP contribution in [0.1, 0.15) is 23.9 Å². The van der Waals surface area contributed by atoms with Crippen molar-refractivity contribution in [3.8, 4) is 6.07 Å². The van der Waals surface area contributed by atoms with Crippen LogP contribution in [0.3, 0.4) is 0 Å². The fourth-order valence-corrected chi connectivity index (χ4v) is 1.60. The van der Waals surface area contributed by atoms with Crippen molar-refractivity contribution in [2.45, 2.75) is 6.92 Å². The third kappa shape index (κ3) is 2.41. The van der Waals surface area contributed by atoms with Crippen molar-refractivity contribution in [2.75, 3.05) is 0 Å². The van der Waals surface area contributed by atoms with E-state index in [9.17, 15) is 4.39 Å². The average Bonchev–Trinajstić information content (AvgIpc) is 2.39. The normalized spacial score (nSPS) is 11.1. The van der Waals surface area contributed by atoms with E-state index in [-0.39, 0.29) is 11.5 Å². The summed E-state index contributed by atoms with van der Waals surface area (Å²) in [5, 5.41) is 8.90. The lowest BCUT2D eigenvalue weighted by Gasteiger charge is -2.03. The van der Waals surface area contributed by atoms with Crippen molar-refractivity contribution in [2.24, 2.45) is 0 Å². The molecule has 0 fully saturated rings. The standard InChI is InChI=1S/C14H10FN3/c1-10(11-4-2-3-5-12(11)15)8-13-14(9-16)18-7-6-17-13/h2-8H,1H3. The summed E-state index contributed by atoms with van der Waals surface area (Å²) in [6, 6.07) is 8.43. The van der Waals surface area contributed by atoms with Crippen LogP contribution in [0, 0.1) is 17.1 Å². The first-order chi connectivity index (χ1) is 8.72. The van der Waals surface area contributed by atoms with Gasteiger partial charge in [0.15, 0.2) is 5.69 Å². The Morgan fingerprint density at radius 2 is 2.00 bits per heavy atom. The molecule has 0 atom stereocenters. The SMILES string of the molecule is CC(=Cc1nccnc1C#N)c1ccccc1F. The highest BCUT2D eigenvalue weighted by Gasteiger charge is 2.05. The lowest BCUT2D eigenvalue weighted by Crippen LogP contribution is -1.92. The third-order valence-electron chi connectivity index (χ3n) is 2.48. The number of benzene rings is 1. The molecule has 0 saturated carbocycles. The molecule has 0 bridgehead atoms. The molecule has 18 heavy (non-hydrogen) atoms. The number of hydrogen-bond donors (Lipinski definition) is 0. The summed E-state index contributed by atoms with van der Waals surface area (Å²) in [5.41, 5.74) is 1.87. The summed E-state index contributed by atoms with van der Waals surface area (Å²) in [6.45, 7) is 1.77. The molecule has 0 aliphatic carbocycles. The van der Waals surface area contributed by atoms with Crippen LogP contribution in [0.4, 0.5) is 4.39 Å². The number of hydrogen-bond acceptors (Lipinski definition) is 3. The van der Waals surface area contributed by atoms with Gasteiger partial charge >= 0.3 is 0 Å². The number of halogens is 1. The molecule has 88 valence electrons. The van der Waals surface area contributed by atoms with Crippen molar-refractivity contribution in [1.82, 2.24) is 9.97 Å². The van der Waals surface area contributed by atoms with Crippen LogP contribution in [0.25, 0.3) is 11.6 Å². The van der Waals surface area contributed by atoms with Gasteiger partial charge in [-0.05, 0) is 24.6 Å². The predicted octanol–water partition coefficient (Wildman–Crippen LogP) is 3.05. The van der Waals surface area contributed by atoms with Gasteiger partial charge in [-0.25, -0.2) is 9.37 Å². The molecule has 0 aliphatic heterocycles. The van der Waals surface area contributed by atoms with Crippen LogP contribution in [0.5, 0.6) is 0 Å². The Morgan fingerprint density at radius 1 is 1.28 bits per heavy atom. The van der Waals surface area contributed by atoms with Crippen LogP contribution in [-0.2, 0) is 0 Å². The number of rotatable bonds is 2. The zero-order valence-electron chi connectivity index (χ0n) is 9.76. The van der Waals surface area contributed by atoms with Gasteiger partial charge in [-0.15, -0.1) is 0 Å². The summed E-state index contributed by atoms with van der Waals surface area (Å²) < 4.78 is 13.6. The molecule has 0 amide bonds. The summed E-state index contributed by atoms with van der Waals surface area (Å²) in [5.74, 6) is -0.298. The topological polar surface area (TPSA) is 49.6 Å². The van der Waals surface area contributed by atoms with E-state index in [2.05, 4.69) is 9.97 Å². The van der Waals surface area contributed by atoms with Crippen molar-refractivity contribution in [3.05, 3.63) is 59.4 Å². The van der Waals surface area contributed by atoms with Gasteiger partial charge in [-0.1, -0.05) is 18.2 Å². The zero-order chi connectivity index (χ0) is 13.0. The van der Waals surface area contributed by atoms with Gasteiger partial charge in [-0.2, -0.15) is 5.26 Å². The minimum Gasteiger partial charge on any atom is -0.252 e. The molecule has 0 spiro atoms. The Balaban J connectivity index is 2.46. The number of allylic oxidation sites excluding steroid dienone is 1. The van der Waals surface area contributed by atoms with Crippen LogP contribution >= 0.6 is 0 Å². The van der Waals surface area contributed by atoms with Crippen LogP contribution in [0.15, 0.2) is 36.7 Å². The smallest absolute Gasteiger partial charge is 0.166 e. The Hall–Kier alpha value is -2.54. The predicted molar refractivity (Wildman–Crippen MR) is 66.7 cm³/mol. The largest absolute Gasteiger partial charge is 0.252 e. The lowest BCUT2D eigenvalue weighted by molar-refractivity contribution is 0.624. The highest BCUT2D eigenvalue weighted by atomic mass is 19.1. The van der Waals surface area contributed by atoms with E-state index in [1.165, 1.54) is 18.5 Å². The summed E-state index contributed by atoms with van der Waals surface area (Å²) >= 11 is 0. The molecule has 0 N–H and O–H groups in total. The quantitative estimate of drug-likeness (QED) is 0.809. The summed E-state index contributed by atoms with van der Waals surface area (Å²) in [6.07, 6.45) is 4.61. The molecule has 1 aromatic carbocycles. The van der Waals surface area contributed by atoms with E-state index in [0.29, 0.717) is 16.8 Å². The van der Waals surface area contributed by atoms with Gasteiger partial charge in [0.05, 0.1) is 5.69 Å². The monoisotopic (exact) mass is 239 g/mol. The van der Waals surface area contributed by atoms with E-state index < -0.39 is 0 Å². The molecule has 0 aliphatic rings. The first-order valence-corrected chi connectivity index (χ1v) is 5.36. The highest BCUT2D eigenvalue weighted by molar-refractivity contribution is 5.80. The maximum absolute atomic E-state index is 13.6. The molecule has 2 aromatic rings. The fourth-order valence-electron chi connectivity index (χ4n) is 1.60. The van der Waals surface area contributed by atoms with Gasteiger partial charge in [-0.3, -0.25) is 4.98 Å². The maximum atomic E-state index is 13.6. The van der Waals surface area contributed by atoms with E-state index in [0.717, 1.165) is 0 Å². The molecule has 1 heterocycles. The number of nitrogens with zero attached hydrogens (tertiary/aromatic N) is 3. The second-order valence-electron chi connectivity index (χ2n) is 3.71. The Bertz CT molecular complexity index is 641. The van der Waals surface area contributed by atoms with Crippen LogP contribution in [-0.4, -0.2) is 9.97 Å². The van der Waals surface area contributed by atoms with E-state index in [1.54, 1.807) is 31.2 Å². The van der Waals surface area contributed by atoms with Crippen molar-refractivity contribution < 1.29 is 4.39 Å². The molecule has 1 aromatic heterocycles. The molecule has 3 nitrogen and oxygen atoms in total. The van der Waals surface area contributed by atoms with Gasteiger partial charge < -0.3 is 0 Å². The van der Waals surface area contributed by atoms with Gasteiger partial charge in [0.1, 0.15) is 11.9 Å². The van der Waals surface area contributed by atoms with Gasteiger partial charge in [0.25, 0.3) is 0 Å². The second kappa shape index (κ2) is 5.19. The van der Waals surface area contributed by atoms with Crippen LogP contribution < -0.4 is 0 Å². The molecule has 2 rings (SSSR count). The second-order valence-corrected chi connectivity index (χ2v) is 3.71. The fraction of sp³-hybridized carbons (Fsp3) is 0.0714. The third-order valence-corrected chi connectivity index (χ3v) is 2.48. The first kappa shape index (κ1) is 11.9. The van der Waals surface area contributed by atoms with Gasteiger partial charge in [0.2, 0.25) is 0 Å². The molecular weight excluding hydrogens is 229 g/mol. The molecule has 0 unspecified atom stereocenters. The van der Waals surface area contributed by atoms with Crippen molar-refractivity contribution in [3.63, 3.8) is 0 Å². The zero-order valence-corrected chi connectivity index (χ0v) is 9.76. The Labute approximate surface area is 104 Å². The molecule has 0 radical (unpaired) electrons. The highest BCUT2D eigenvalue weighted by Crippen LogP contribution is 2.20. The number of aromatic nitrogens is 2. The van der Waals surface area contributed by atoms with Crippen molar-refractivity contribution in [1.29, 1.82) is 5.26 Å². The number of nitriles is 1. The average molecular weight is 239 g/mol. The summed E-state index contributed by atoms with van der Waals surface area (Å²) in [7, 11) is 0. The van der Waals surface area contributed by atoms with E-state index >= 15 is 0 Å². The Morgan fingerprint density at radius 3 is 2.72 bits per heavy atom. The van der Waals surface area contributed by atoms with Crippen molar-refractivity contribution >= 4 is 11.6 Å².